The van der Waals surface area contributed by atoms with Crippen molar-refractivity contribution in [3.05, 3.63) is 41.8 Å². The fraction of sp³-hybridized carbons (Fsp3) is 0.429. The number of carbonyl (C=O) groups excluding carboxylic acids is 2. The minimum atomic E-state index is -0.413. The van der Waals surface area contributed by atoms with E-state index in [2.05, 4.69) is 11.4 Å². The van der Waals surface area contributed by atoms with E-state index in [1.54, 1.807) is 11.3 Å². The molecule has 1 aromatic heterocycles. The summed E-state index contributed by atoms with van der Waals surface area (Å²) in [7, 11) is 0. The normalized spacial score (nSPS) is 17.8. The van der Waals surface area contributed by atoms with Crippen LogP contribution in [0.4, 0.5) is 5.69 Å². The number of carbonyl (C=O) groups is 2. The van der Waals surface area contributed by atoms with Gasteiger partial charge in [-0.1, -0.05) is 45.0 Å². The maximum Gasteiger partial charge on any atom is 0.229 e. The Morgan fingerprint density at radius 2 is 1.92 bits per heavy atom. The number of benzene rings is 1. The number of rotatable bonds is 3. The fourth-order valence-electron chi connectivity index (χ4n) is 3.32. The van der Waals surface area contributed by atoms with Gasteiger partial charge in [-0.05, 0) is 30.4 Å². The highest BCUT2D eigenvalue weighted by molar-refractivity contribution is 7.13. The number of piperidine rings is 1. The monoisotopic (exact) mass is 370 g/mol. The Labute approximate surface area is 159 Å². The first-order chi connectivity index (χ1) is 12.4. The van der Waals surface area contributed by atoms with Crippen molar-refractivity contribution in [1.82, 2.24) is 4.90 Å². The molecule has 0 bridgehead atoms. The molecule has 1 aromatic carbocycles. The zero-order chi connectivity index (χ0) is 18.7. The first-order valence-corrected chi connectivity index (χ1v) is 9.97. The summed E-state index contributed by atoms with van der Waals surface area (Å²) in [6.45, 7) is 7.03. The average molecular weight is 371 g/mol. The zero-order valence-corrected chi connectivity index (χ0v) is 16.4. The number of anilines is 1. The van der Waals surface area contributed by atoms with E-state index < -0.39 is 5.41 Å². The number of hydrogen-bond donors (Lipinski definition) is 1. The molecule has 1 aliphatic heterocycles. The summed E-state index contributed by atoms with van der Waals surface area (Å²) in [6.07, 6.45) is 1.69. The van der Waals surface area contributed by atoms with E-state index >= 15 is 0 Å². The number of likely N-dealkylation sites (tertiary alicyclic amines) is 1. The minimum Gasteiger partial charge on any atom is -0.341 e. The van der Waals surface area contributed by atoms with Gasteiger partial charge >= 0.3 is 0 Å². The molecular formula is C21H26N2O2S. The molecule has 0 unspecified atom stereocenters. The van der Waals surface area contributed by atoms with Gasteiger partial charge in [0.1, 0.15) is 0 Å². The molecule has 0 aliphatic carbocycles. The van der Waals surface area contributed by atoms with E-state index in [9.17, 15) is 9.59 Å². The largest absolute Gasteiger partial charge is 0.341 e. The number of thiophene rings is 1. The zero-order valence-electron chi connectivity index (χ0n) is 15.6. The molecule has 138 valence electrons. The lowest BCUT2D eigenvalue weighted by atomic mass is 9.91. The Kier molecular flexibility index (Phi) is 5.47. The molecule has 4 nitrogen and oxygen atoms in total. The van der Waals surface area contributed by atoms with Gasteiger partial charge in [0.2, 0.25) is 11.8 Å². The van der Waals surface area contributed by atoms with Gasteiger partial charge in [-0.25, -0.2) is 0 Å². The second-order valence-electron chi connectivity index (χ2n) is 7.85. The highest BCUT2D eigenvalue weighted by atomic mass is 32.1. The summed E-state index contributed by atoms with van der Waals surface area (Å²) in [5, 5.41) is 5.13. The van der Waals surface area contributed by atoms with E-state index in [1.807, 2.05) is 61.4 Å². The summed E-state index contributed by atoms with van der Waals surface area (Å²) in [5.41, 5.74) is 1.46. The Morgan fingerprint density at radius 3 is 2.62 bits per heavy atom. The summed E-state index contributed by atoms with van der Waals surface area (Å²) in [6, 6.07) is 11.9. The fourth-order valence-corrected chi connectivity index (χ4v) is 4.09. The molecular weight excluding hydrogens is 344 g/mol. The second-order valence-corrected chi connectivity index (χ2v) is 8.80. The Balaban J connectivity index is 1.72. The minimum absolute atomic E-state index is 0.000385. The lowest BCUT2D eigenvalue weighted by Crippen LogP contribution is -2.47. The average Bonchev–Trinajstić information content (AvgIpc) is 3.15. The van der Waals surface area contributed by atoms with Gasteiger partial charge in [-0.15, -0.1) is 11.3 Å². The molecule has 0 saturated carbocycles. The van der Waals surface area contributed by atoms with Crippen LogP contribution in [0.3, 0.4) is 0 Å². The van der Waals surface area contributed by atoms with Crippen molar-refractivity contribution in [2.24, 2.45) is 11.3 Å². The van der Waals surface area contributed by atoms with Gasteiger partial charge in [-0.3, -0.25) is 9.59 Å². The van der Waals surface area contributed by atoms with Crippen LogP contribution >= 0.6 is 11.3 Å². The molecule has 5 heteroatoms. The van der Waals surface area contributed by atoms with Crippen molar-refractivity contribution in [3.63, 3.8) is 0 Å². The molecule has 2 heterocycles. The number of amides is 2. The standard InChI is InChI=1S/C21H26N2O2S/c1-21(2,3)20(25)23-12-6-8-15(14-23)19(24)22-17-10-5-4-9-16(17)18-11-7-13-26-18/h4-5,7,9-11,13,15H,6,8,12,14H2,1-3H3,(H,22,24)/t15-/m0/s1. The number of para-hydroxylation sites is 1. The van der Waals surface area contributed by atoms with Crippen molar-refractivity contribution in [3.8, 4) is 10.4 Å². The van der Waals surface area contributed by atoms with Crippen molar-refractivity contribution in [1.29, 1.82) is 0 Å². The molecule has 1 aliphatic rings. The van der Waals surface area contributed by atoms with Crippen LogP contribution < -0.4 is 5.32 Å². The summed E-state index contributed by atoms with van der Waals surface area (Å²) >= 11 is 1.66. The maximum atomic E-state index is 12.9. The summed E-state index contributed by atoms with van der Waals surface area (Å²) in [5.74, 6) is -0.0409. The van der Waals surface area contributed by atoms with Gasteiger partial charge in [-0.2, -0.15) is 0 Å². The van der Waals surface area contributed by atoms with E-state index in [4.69, 9.17) is 0 Å². The van der Waals surface area contributed by atoms with Gasteiger partial charge in [0.05, 0.1) is 5.92 Å². The van der Waals surface area contributed by atoms with Crippen molar-refractivity contribution >= 4 is 28.8 Å². The first-order valence-electron chi connectivity index (χ1n) is 9.09. The molecule has 1 saturated heterocycles. The number of hydrogen-bond acceptors (Lipinski definition) is 3. The number of nitrogens with one attached hydrogen (secondary N) is 1. The van der Waals surface area contributed by atoms with Crippen LogP contribution in [0.2, 0.25) is 0 Å². The van der Waals surface area contributed by atoms with E-state index in [1.165, 1.54) is 0 Å². The first kappa shape index (κ1) is 18.6. The molecule has 3 rings (SSSR count). The Bertz CT molecular complexity index is 778. The Hall–Kier alpha value is -2.14. The molecule has 2 amide bonds. The van der Waals surface area contributed by atoms with Crippen molar-refractivity contribution < 1.29 is 9.59 Å². The lowest BCUT2D eigenvalue weighted by molar-refractivity contribution is -0.142. The predicted molar refractivity (Wildman–Crippen MR) is 107 cm³/mol. The molecule has 1 fully saturated rings. The summed E-state index contributed by atoms with van der Waals surface area (Å²) < 4.78 is 0. The van der Waals surface area contributed by atoms with Crippen LogP contribution in [0.15, 0.2) is 41.8 Å². The van der Waals surface area contributed by atoms with E-state index in [-0.39, 0.29) is 17.7 Å². The smallest absolute Gasteiger partial charge is 0.229 e. The number of nitrogens with zero attached hydrogens (tertiary/aromatic N) is 1. The quantitative estimate of drug-likeness (QED) is 0.856. The Morgan fingerprint density at radius 1 is 1.15 bits per heavy atom. The third kappa shape index (κ3) is 4.15. The molecule has 1 atom stereocenters. The van der Waals surface area contributed by atoms with Crippen LogP contribution in [0.5, 0.6) is 0 Å². The molecule has 26 heavy (non-hydrogen) atoms. The highest BCUT2D eigenvalue weighted by Gasteiger charge is 2.33. The summed E-state index contributed by atoms with van der Waals surface area (Å²) in [4.78, 5) is 28.4. The second kappa shape index (κ2) is 7.62. The van der Waals surface area contributed by atoms with Gasteiger partial charge in [0.25, 0.3) is 0 Å². The van der Waals surface area contributed by atoms with E-state index in [0.29, 0.717) is 6.54 Å². The van der Waals surface area contributed by atoms with Crippen molar-refractivity contribution in [2.75, 3.05) is 18.4 Å². The van der Waals surface area contributed by atoms with Gasteiger partial charge < -0.3 is 10.2 Å². The maximum absolute atomic E-state index is 12.9. The van der Waals surface area contributed by atoms with Crippen LogP contribution in [0, 0.1) is 11.3 Å². The van der Waals surface area contributed by atoms with E-state index in [0.717, 1.165) is 35.5 Å². The third-order valence-corrected chi connectivity index (χ3v) is 5.60. The topological polar surface area (TPSA) is 49.4 Å². The molecule has 0 spiro atoms. The van der Waals surface area contributed by atoms with Gasteiger partial charge in [0.15, 0.2) is 0 Å². The van der Waals surface area contributed by atoms with Crippen molar-refractivity contribution in [2.45, 2.75) is 33.6 Å². The lowest BCUT2D eigenvalue weighted by Gasteiger charge is -2.36. The van der Waals surface area contributed by atoms with Crippen LogP contribution in [0.25, 0.3) is 10.4 Å². The van der Waals surface area contributed by atoms with Gasteiger partial charge in [0, 0.05) is 34.6 Å². The van der Waals surface area contributed by atoms with Crippen LogP contribution in [0.1, 0.15) is 33.6 Å². The molecule has 2 aromatic rings. The molecule has 1 N–H and O–H groups in total. The third-order valence-electron chi connectivity index (χ3n) is 4.69. The predicted octanol–water partition coefficient (Wildman–Crippen LogP) is 4.64. The SMILES string of the molecule is CC(C)(C)C(=O)N1CCC[C@H](C(=O)Nc2ccccc2-c2cccs2)C1. The molecule has 0 radical (unpaired) electrons. The highest BCUT2D eigenvalue weighted by Crippen LogP contribution is 2.32. The van der Waals surface area contributed by atoms with Crippen LogP contribution in [-0.4, -0.2) is 29.8 Å². The van der Waals surface area contributed by atoms with Crippen LogP contribution in [-0.2, 0) is 9.59 Å².